The van der Waals surface area contributed by atoms with E-state index < -0.39 is 17.5 Å². The number of fused-ring (bicyclic) bond motifs is 1. The maximum atomic E-state index is 11.3. The molecule has 3 N–H and O–H groups in total. The fourth-order valence-electron chi connectivity index (χ4n) is 2.85. The fourth-order valence-corrected chi connectivity index (χ4v) is 2.85. The van der Waals surface area contributed by atoms with Crippen LogP contribution in [0.5, 0.6) is 0 Å². The lowest BCUT2D eigenvalue weighted by Gasteiger charge is -2.41. The predicted octanol–water partition coefficient (Wildman–Crippen LogP) is 0.877. The summed E-state index contributed by atoms with van der Waals surface area (Å²) in [5, 5.41) is 28.7. The van der Waals surface area contributed by atoms with Crippen molar-refractivity contribution in [1.29, 1.82) is 0 Å². The van der Waals surface area contributed by atoms with E-state index in [4.69, 9.17) is 0 Å². The van der Waals surface area contributed by atoms with E-state index in [9.17, 15) is 20.1 Å². The number of hydrogen-bond donors (Lipinski definition) is 3. The lowest BCUT2D eigenvalue weighted by atomic mass is 9.87. The molecule has 1 aliphatic heterocycles. The Bertz CT molecular complexity index is 515. The van der Waals surface area contributed by atoms with E-state index in [1.165, 1.54) is 0 Å². The van der Waals surface area contributed by atoms with Gasteiger partial charge in [0, 0.05) is 19.1 Å². The maximum Gasteiger partial charge on any atom is 0.310 e. The smallest absolute Gasteiger partial charge is 0.310 e. The normalized spacial score (nSPS) is 20.9. The Labute approximate surface area is 124 Å². The summed E-state index contributed by atoms with van der Waals surface area (Å²) in [6.45, 7) is 3.96. The van der Waals surface area contributed by atoms with Crippen LogP contribution in [0.15, 0.2) is 24.3 Å². The Morgan fingerprint density at radius 1 is 1.38 bits per heavy atom. The van der Waals surface area contributed by atoms with Crippen LogP contribution >= 0.6 is 0 Å². The number of aliphatic hydroxyl groups is 2. The first-order valence-corrected chi connectivity index (χ1v) is 7.18. The summed E-state index contributed by atoms with van der Waals surface area (Å²) in [5.41, 5.74) is 1.40. The molecule has 0 unspecified atom stereocenters. The number of carbonyl (C=O) groups is 1. The highest BCUT2D eigenvalue weighted by atomic mass is 16.4. The van der Waals surface area contributed by atoms with Gasteiger partial charge in [0.05, 0.1) is 18.1 Å². The summed E-state index contributed by atoms with van der Waals surface area (Å²) >= 11 is 0. The van der Waals surface area contributed by atoms with Crippen LogP contribution in [0.2, 0.25) is 0 Å². The quantitative estimate of drug-likeness (QED) is 0.751. The van der Waals surface area contributed by atoms with Crippen molar-refractivity contribution in [2.75, 3.05) is 13.2 Å². The second-order valence-corrected chi connectivity index (χ2v) is 6.38. The van der Waals surface area contributed by atoms with Gasteiger partial charge in [-0.25, -0.2) is 0 Å². The summed E-state index contributed by atoms with van der Waals surface area (Å²) in [4.78, 5) is 13.3. The van der Waals surface area contributed by atoms with Crippen LogP contribution < -0.4 is 0 Å². The number of nitrogens with zero attached hydrogens (tertiary/aromatic N) is 1. The zero-order valence-corrected chi connectivity index (χ0v) is 12.5. The van der Waals surface area contributed by atoms with Gasteiger partial charge in [-0.1, -0.05) is 24.3 Å². The van der Waals surface area contributed by atoms with E-state index >= 15 is 0 Å². The average Bonchev–Trinajstić information content (AvgIpc) is 2.45. The minimum Gasteiger partial charge on any atom is -0.481 e. The standard InChI is InChI=1S/C16H23NO4/c1-16(2,15(20)21)10-17-8-12-6-4-3-5-11(12)7-13(17)14(19)9-18/h3-6,13-14,18-19H,7-10H2,1-2H3,(H,20,21)/t13-,14+/m0/s1. The Morgan fingerprint density at radius 3 is 2.57 bits per heavy atom. The molecule has 1 aliphatic rings. The van der Waals surface area contributed by atoms with Crippen molar-refractivity contribution in [3.05, 3.63) is 35.4 Å². The molecule has 0 bridgehead atoms. The first-order chi connectivity index (χ1) is 9.85. The largest absolute Gasteiger partial charge is 0.481 e. The molecule has 5 nitrogen and oxygen atoms in total. The van der Waals surface area contributed by atoms with Crippen LogP contribution in [0.25, 0.3) is 0 Å². The molecule has 0 saturated heterocycles. The molecule has 5 heteroatoms. The van der Waals surface area contributed by atoms with Gasteiger partial charge < -0.3 is 15.3 Å². The van der Waals surface area contributed by atoms with E-state index in [0.29, 0.717) is 19.5 Å². The van der Waals surface area contributed by atoms with E-state index in [2.05, 4.69) is 0 Å². The number of rotatable bonds is 5. The molecule has 21 heavy (non-hydrogen) atoms. The van der Waals surface area contributed by atoms with Crippen molar-refractivity contribution in [1.82, 2.24) is 4.90 Å². The Hall–Kier alpha value is -1.43. The molecule has 1 heterocycles. The zero-order valence-electron chi connectivity index (χ0n) is 12.5. The number of aliphatic carboxylic acids is 1. The molecule has 0 fully saturated rings. The number of carboxylic acid groups (broad SMARTS) is 1. The highest BCUT2D eigenvalue weighted by molar-refractivity contribution is 5.73. The molecule has 0 amide bonds. The van der Waals surface area contributed by atoms with Crippen LogP contribution in [0, 0.1) is 5.41 Å². The third-order valence-corrected chi connectivity index (χ3v) is 4.20. The highest BCUT2D eigenvalue weighted by Crippen LogP contribution is 2.28. The summed E-state index contributed by atoms with van der Waals surface area (Å²) in [5.74, 6) is -0.862. The van der Waals surface area contributed by atoms with Crippen LogP contribution in [0.1, 0.15) is 25.0 Å². The Morgan fingerprint density at radius 2 is 2.00 bits per heavy atom. The average molecular weight is 293 g/mol. The summed E-state index contributed by atoms with van der Waals surface area (Å²) in [7, 11) is 0. The van der Waals surface area contributed by atoms with E-state index in [-0.39, 0.29) is 12.6 Å². The van der Waals surface area contributed by atoms with E-state index in [1.807, 2.05) is 29.2 Å². The van der Waals surface area contributed by atoms with Gasteiger partial charge in [0.1, 0.15) is 0 Å². The minimum atomic E-state index is -0.903. The van der Waals surface area contributed by atoms with Crippen molar-refractivity contribution in [2.24, 2.45) is 5.41 Å². The number of hydrogen-bond acceptors (Lipinski definition) is 4. The molecule has 0 radical (unpaired) electrons. The maximum absolute atomic E-state index is 11.3. The topological polar surface area (TPSA) is 81.0 Å². The second-order valence-electron chi connectivity index (χ2n) is 6.38. The Balaban J connectivity index is 2.26. The van der Waals surface area contributed by atoms with Gasteiger partial charge in [0.25, 0.3) is 0 Å². The second kappa shape index (κ2) is 6.13. The number of aliphatic hydroxyl groups excluding tert-OH is 2. The number of carboxylic acids is 1. The van der Waals surface area contributed by atoms with E-state index in [0.717, 1.165) is 11.1 Å². The molecule has 116 valence electrons. The van der Waals surface area contributed by atoms with Crippen molar-refractivity contribution < 1.29 is 20.1 Å². The van der Waals surface area contributed by atoms with Crippen molar-refractivity contribution in [3.8, 4) is 0 Å². The molecule has 1 aromatic rings. The van der Waals surface area contributed by atoms with Crippen molar-refractivity contribution >= 4 is 5.97 Å². The molecular formula is C16H23NO4. The number of benzene rings is 1. The van der Waals surface area contributed by atoms with Gasteiger partial charge in [-0.2, -0.15) is 0 Å². The van der Waals surface area contributed by atoms with Crippen molar-refractivity contribution in [3.63, 3.8) is 0 Å². The van der Waals surface area contributed by atoms with Crippen LogP contribution in [-0.4, -0.2) is 51.5 Å². The van der Waals surface area contributed by atoms with Gasteiger partial charge in [-0.3, -0.25) is 9.69 Å². The SMILES string of the molecule is CC(C)(CN1Cc2ccccc2C[C@H]1[C@H](O)CO)C(=O)O. The molecule has 1 aromatic carbocycles. The molecule has 2 atom stereocenters. The first-order valence-electron chi connectivity index (χ1n) is 7.18. The summed E-state index contributed by atoms with van der Waals surface area (Å²) in [6, 6.07) is 7.70. The van der Waals surface area contributed by atoms with Gasteiger partial charge in [-0.05, 0) is 31.4 Å². The molecule has 0 aromatic heterocycles. The molecule has 2 rings (SSSR count). The fraction of sp³-hybridized carbons (Fsp3) is 0.562. The molecule has 0 spiro atoms. The predicted molar refractivity (Wildman–Crippen MR) is 78.9 cm³/mol. The van der Waals surface area contributed by atoms with Gasteiger partial charge in [0.15, 0.2) is 0 Å². The third kappa shape index (κ3) is 3.43. The first kappa shape index (κ1) is 15.9. The van der Waals surface area contributed by atoms with Crippen LogP contribution in [-0.2, 0) is 17.8 Å². The summed E-state index contributed by atoms with van der Waals surface area (Å²) in [6.07, 6.45) is -0.254. The monoisotopic (exact) mass is 293 g/mol. The van der Waals surface area contributed by atoms with Gasteiger partial charge in [-0.15, -0.1) is 0 Å². The van der Waals surface area contributed by atoms with E-state index in [1.54, 1.807) is 13.8 Å². The molecule has 0 aliphatic carbocycles. The van der Waals surface area contributed by atoms with Gasteiger partial charge >= 0.3 is 5.97 Å². The molecule has 0 saturated carbocycles. The zero-order chi connectivity index (χ0) is 15.6. The van der Waals surface area contributed by atoms with Crippen LogP contribution in [0.4, 0.5) is 0 Å². The van der Waals surface area contributed by atoms with Gasteiger partial charge in [0.2, 0.25) is 0 Å². The van der Waals surface area contributed by atoms with Crippen molar-refractivity contribution in [2.45, 2.75) is 39.0 Å². The Kier molecular flexibility index (Phi) is 4.66. The third-order valence-electron chi connectivity index (χ3n) is 4.20. The highest BCUT2D eigenvalue weighted by Gasteiger charge is 2.37. The minimum absolute atomic E-state index is 0.261. The summed E-state index contributed by atoms with van der Waals surface area (Å²) < 4.78 is 0. The lowest BCUT2D eigenvalue weighted by molar-refractivity contribution is -0.149. The molecular weight excluding hydrogens is 270 g/mol. The van der Waals surface area contributed by atoms with Crippen LogP contribution in [0.3, 0.4) is 0 Å². The lowest BCUT2D eigenvalue weighted by Crippen LogP contribution is -2.52.